The van der Waals surface area contributed by atoms with Crippen molar-refractivity contribution in [3.05, 3.63) is 100 Å². The Labute approximate surface area is 226 Å². The number of fused-ring (bicyclic) bond motifs is 3. The van der Waals surface area contributed by atoms with Crippen LogP contribution in [0.15, 0.2) is 77.7 Å². The zero-order chi connectivity index (χ0) is 27.5. The molecule has 0 amide bonds. The van der Waals surface area contributed by atoms with Crippen LogP contribution in [0.2, 0.25) is 5.02 Å². The van der Waals surface area contributed by atoms with Crippen LogP contribution < -0.4 is 10.0 Å². The van der Waals surface area contributed by atoms with Crippen LogP contribution in [0.3, 0.4) is 0 Å². The van der Waals surface area contributed by atoms with Crippen molar-refractivity contribution >= 4 is 33.0 Å². The van der Waals surface area contributed by atoms with Gasteiger partial charge in [0.25, 0.3) is 10.0 Å². The van der Waals surface area contributed by atoms with Crippen molar-refractivity contribution < 1.29 is 21.6 Å². The molecule has 0 spiro atoms. The molecule has 0 saturated heterocycles. The van der Waals surface area contributed by atoms with Crippen LogP contribution in [0.25, 0.3) is 0 Å². The number of allylic oxidation sites excluding steroid dienone is 2. The lowest BCUT2D eigenvalue weighted by molar-refractivity contribution is -0.137. The molecule has 3 atom stereocenters. The van der Waals surface area contributed by atoms with Crippen molar-refractivity contribution in [2.24, 2.45) is 5.92 Å². The molecule has 0 bridgehead atoms. The van der Waals surface area contributed by atoms with Crippen molar-refractivity contribution in [1.82, 2.24) is 0 Å². The van der Waals surface area contributed by atoms with Gasteiger partial charge in [-0.05, 0) is 70.8 Å². The molecule has 4 nitrogen and oxygen atoms in total. The summed E-state index contributed by atoms with van der Waals surface area (Å²) < 4.78 is 68.3. The van der Waals surface area contributed by atoms with Gasteiger partial charge < -0.3 is 5.32 Å². The summed E-state index contributed by atoms with van der Waals surface area (Å²) in [6, 6.07) is 16.4. The Bertz CT molecular complexity index is 1510. The first kappa shape index (κ1) is 26.6. The minimum atomic E-state index is -4.70. The predicted molar refractivity (Wildman–Crippen MR) is 145 cm³/mol. The lowest BCUT2D eigenvalue weighted by Crippen LogP contribution is -2.29. The van der Waals surface area contributed by atoms with Crippen molar-refractivity contribution in [2.45, 2.75) is 55.6 Å². The Balaban J connectivity index is 1.44. The topological polar surface area (TPSA) is 58.2 Å². The highest BCUT2D eigenvalue weighted by atomic mass is 35.5. The maximum absolute atomic E-state index is 13.2. The fourth-order valence-electron chi connectivity index (χ4n) is 5.28. The van der Waals surface area contributed by atoms with E-state index in [4.69, 9.17) is 11.6 Å². The van der Waals surface area contributed by atoms with Crippen LogP contribution in [0.5, 0.6) is 0 Å². The van der Waals surface area contributed by atoms with Crippen molar-refractivity contribution in [3.8, 4) is 0 Å². The predicted octanol–water partition coefficient (Wildman–Crippen LogP) is 8.28. The van der Waals surface area contributed by atoms with Crippen molar-refractivity contribution in [3.63, 3.8) is 0 Å². The highest BCUT2D eigenvalue weighted by molar-refractivity contribution is 7.92. The van der Waals surface area contributed by atoms with E-state index in [9.17, 15) is 21.6 Å². The van der Waals surface area contributed by atoms with E-state index in [0.717, 1.165) is 23.7 Å². The third-order valence-corrected chi connectivity index (χ3v) is 9.01. The molecular weight excluding hydrogens is 533 g/mol. The van der Waals surface area contributed by atoms with Gasteiger partial charge in [0.1, 0.15) is 0 Å². The van der Waals surface area contributed by atoms with Crippen LogP contribution >= 0.6 is 11.6 Å². The second-order valence-electron chi connectivity index (χ2n) is 10.9. The Kier molecular flexibility index (Phi) is 6.55. The van der Waals surface area contributed by atoms with E-state index in [-0.39, 0.29) is 33.9 Å². The average Bonchev–Trinajstić information content (AvgIpc) is 3.33. The minimum absolute atomic E-state index is 0.0149. The van der Waals surface area contributed by atoms with Gasteiger partial charge in [-0.3, -0.25) is 4.72 Å². The molecule has 1 aliphatic carbocycles. The fourth-order valence-corrected chi connectivity index (χ4v) is 6.59. The lowest BCUT2D eigenvalue weighted by Gasteiger charge is -2.38. The first-order valence-electron chi connectivity index (χ1n) is 12.3. The zero-order valence-electron chi connectivity index (χ0n) is 21.1. The van der Waals surface area contributed by atoms with Gasteiger partial charge in [0, 0.05) is 17.3 Å². The zero-order valence-corrected chi connectivity index (χ0v) is 22.7. The summed E-state index contributed by atoms with van der Waals surface area (Å²) in [6.45, 7) is 6.53. The molecule has 0 saturated carbocycles. The highest BCUT2D eigenvalue weighted by Crippen LogP contribution is 2.50. The van der Waals surface area contributed by atoms with E-state index in [0.29, 0.717) is 6.07 Å². The quantitative estimate of drug-likeness (QED) is 0.316. The number of anilines is 2. The van der Waals surface area contributed by atoms with Gasteiger partial charge in [0.05, 0.1) is 21.5 Å². The maximum atomic E-state index is 13.2. The summed E-state index contributed by atoms with van der Waals surface area (Å²) in [4.78, 5) is -0.0198. The molecule has 0 fully saturated rings. The standard InChI is InChI=1S/C29H28ClF3N2O2S/c1-28(2,3)18-9-7-17(8-10-18)27-22-6-4-5-21(22)23-16-20(12-14-26(23)34-27)38(36,37)35-19-11-13-25(30)24(15-19)29(31,32)33/h4-5,7-16,21-22,27,34-35H,6H2,1-3H3/t21-,22+,27+/m0/s1. The monoisotopic (exact) mass is 560 g/mol. The third kappa shape index (κ3) is 5.04. The molecule has 1 aliphatic heterocycles. The molecule has 1 heterocycles. The smallest absolute Gasteiger partial charge is 0.378 e. The molecular formula is C29H28ClF3N2O2S. The molecule has 0 radical (unpaired) electrons. The average molecular weight is 561 g/mol. The first-order valence-corrected chi connectivity index (χ1v) is 14.2. The summed E-state index contributed by atoms with van der Waals surface area (Å²) >= 11 is 5.67. The lowest BCUT2D eigenvalue weighted by atomic mass is 9.76. The minimum Gasteiger partial charge on any atom is -0.378 e. The SMILES string of the molecule is CC(C)(C)c1ccc([C@H]2Nc3ccc(S(=O)(=O)Nc4ccc(Cl)c(C(F)(F)F)c4)cc3[C@H]3C=CC[C@H]32)cc1. The van der Waals surface area contributed by atoms with Gasteiger partial charge in [0.15, 0.2) is 0 Å². The molecule has 0 aromatic heterocycles. The number of sulfonamides is 1. The van der Waals surface area contributed by atoms with Crippen molar-refractivity contribution in [2.75, 3.05) is 10.0 Å². The Morgan fingerprint density at radius 2 is 1.68 bits per heavy atom. The van der Waals surface area contributed by atoms with Crippen LogP contribution in [-0.4, -0.2) is 8.42 Å². The van der Waals surface area contributed by atoms with E-state index >= 15 is 0 Å². The molecule has 5 rings (SSSR count). The number of alkyl halides is 3. The van der Waals surface area contributed by atoms with Gasteiger partial charge in [-0.2, -0.15) is 13.2 Å². The highest BCUT2D eigenvalue weighted by Gasteiger charge is 2.39. The largest absolute Gasteiger partial charge is 0.417 e. The molecule has 38 heavy (non-hydrogen) atoms. The van der Waals surface area contributed by atoms with E-state index in [2.05, 4.69) is 67.2 Å². The summed E-state index contributed by atoms with van der Waals surface area (Å²) in [5.74, 6) is 0.223. The molecule has 9 heteroatoms. The Morgan fingerprint density at radius 3 is 2.34 bits per heavy atom. The molecule has 3 aromatic rings. The van der Waals surface area contributed by atoms with Gasteiger partial charge in [0.2, 0.25) is 0 Å². The molecule has 2 aliphatic rings. The number of hydrogen-bond acceptors (Lipinski definition) is 3. The van der Waals surface area contributed by atoms with Crippen LogP contribution in [0, 0.1) is 5.92 Å². The van der Waals surface area contributed by atoms with E-state index in [1.165, 1.54) is 23.3 Å². The first-order chi connectivity index (χ1) is 17.7. The van der Waals surface area contributed by atoms with Gasteiger partial charge >= 0.3 is 6.18 Å². The van der Waals surface area contributed by atoms with Crippen molar-refractivity contribution in [1.29, 1.82) is 0 Å². The summed E-state index contributed by atoms with van der Waals surface area (Å²) in [6.07, 6.45) is 0.375. The molecule has 3 aromatic carbocycles. The second-order valence-corrected chi connectivity index (χ2v) is 13.0. The molecule has 0 unspecified atom stereocenters. The van der Waals surface area contributed by atoms with E-state index in [1.54, 1.807) is 12.1 Å². The van der Waals surface area contributed by atoms with Gasteiger partial charge in [-0.25, -0.2) is 8.42 Å². The van der Waals surface area contributed by atoms with Gasteiger partial charge in [-0.15, -0.1) is 0 Å². The summed E-state index contributed by atoms with van der Waals surface area (Å²) in [7, 11) is -4.15. The van der Waals surface area contributed by atoms with E-state index < -0.39 is 26.8 Å². The summed E-state index contributed by atoms with van der Waals surface area (Å²) in [5, 5.41) is 3.11. The summed E-state index contributed by atoms with van der Waals surface area (Å²) in [5.41, 5.74) is 2.85. The number of rotatable bonds is 4. The Morgan fingerprint density at radius 1 is 0.974 bits per heavy atom. The fraction of sp³-hybridized carbons (Fsp3) is 0.310. The number of halogens is 4. The number of nitrogens with one attached hydrogen (secondary N) is 2. The molecule has 200 valence electrons. The maximum Gasteiger partial charge on any atom is 0.417 e. The van der Waals surface area contributed by atoms with Gasteiger partial charge in [-0.1, -0.05) is 68.8 Å². The number of benzene rings is 3. The van der Waals surface area contributed by atoms with Crippen LogP contribution in [-0.2, 0) is 21.6 Å². The third-order valence-electron chi connectivity index (χ3n) is 7.30. The Hall–Kier alpha value is -2.97. The van der Waals surface area contributed by atoms with Crippen LogP contribution in [0.4, 0.5) is 24.5 Å². The van der Waals surface area contributed by atoms with Crippen LogP contribution in [0.1, 0.15) is 61.4 Å². The molecule has 2 N–H and O–H groups in total. The normalized spacial score (nSPS) is 21.0. The second kappa shape index (κ2) is 9.35. The van der Waals surface area contributed by atoms with E-state index in [1.807, 2.05) is 0 Å². The number of hydrogen-bond donors (Lipinski definition) is 2.